The van der Waals surface area contributed by atoms with E-state index >= 15 is 0 Å². The quantitative estimate of drug-likeness (QED) is 0.594. The van der Waals surface area contributed by atoms with Crippen LogP contribution in [0.1, 0.15) is 58.8 Å². The van der Waals surface area contributed by atoms with Gasteiger partial charge in [0, 0.05) is 24.2 Å². The fourth-order valence-corrected chi connectivity index (χ4v) is 3.43. The smallest absolute Gasteiger partial charge is 0.128 e. The molecule has 2 heterocycles. The van der Waals surface area contributed by atoms with Crippen molar-refractivity contribution in [2.24, 2.45) is 0 Å². The van der Waals surface area contributed by atoms with Gasteiger partial charge < -0.3 is 9.67 Å². The van der Waals surface area contributed by atoms with Crippen LogP contribution in [0.25, 0.3) is 22.6 Å². The van der Waals surface area contributed by atoms with Gasteiger partial charge in [-0.15, -0.1) is 0 Å². The Labute approximate surface area is 167 Å². The molecule has 3 aromatic rings. The molecular formula is C23H30N4O. The number of hydrogen-bond acceptors (Lipinski definition) is 4. The molecule has 5 nitrogen and oxygen atoms in total. The molecular weight excluding hydrogens is 348 g/mol. The van der Waals surface area contributed by atoms with Gasteiger partial charge in [-0.2, -0.15) is 0 Å². The molecule has 0 aliphatic rings. The van der Waals surface area contributed by atoms with Crippen molar-refractivity contribution < 1.29 is 5.11 Å². The van der Waals surface area contributed by atoms with Crippen molar-refractivity contribution in [3.63, 3.8) is 0 Å². The van der Waals surface area contributed by atoms with Crippen LogP contribution in [0, 0.1) is 0 Å². The highest BCUT2D eigenvalue weighted by Crippen LogP contribution is 2.33. The largest absolute Gasteiger partial charge is 0.390 e. The Bertz CT molecular complexity index is 896. The average molecular weight is 379 g/mol. The van der Waals surface area contributed by atoms with Crippen LogP contribution in [0.3, 0.4) is 0 Å². The Hall–Kier alpha value is -2.53. The second kappa shape index (κ2) is 8.65. The van der Waals surface area contributed by atoms with E-state index in [1.54, 1.807) is 0 Å². The minimum atomic E-state index is -0.630. The summed E-state index contributed by atoms with van der Waals surface area (Å²) >= 11 is 0. The highest BCUT2D eigenvalue weighted by molar-refractivity contribution is 5.76. The predicted octanol–water partition coefficient (Wildman–Crippen LogP) is 5.07. The van der Waals surface area contributed by atoms with Crippen LogP contribution < -0.4 is 0 Å². The fourth-order valence-electron chi connectivity index (χ4n) is 3.43. The number of hydrogen-bond donors (Lipinski definition) is 1. The SMILES string of the molecule is CCc1nccc(-c2c(-c3ccccc3)ncn2C(C)CCCC(C)(C)O)n1. The molecule has 1 atom stereocenters. The molecule has 0 aliphatic heterocycles. The molecule has 0 saturated carbocycles. The van der Waals surface area contributed by atoms with Gasteiger partial charge >= 0.3 is 0 Å². The van der Waals surface area contributed by atoms with Crippen LogP contribution in [-0.2, 0) is 6.42 Å². The molecule has 0 saturated heterocycles. The zero-order valence-corrected chi connectivity index (χ0v) is 17.3. The summed E-state index contributed by atoms with van der Waals surface area (Å²) in [6, 6.07) is 12.4. The molecule has 0 fully saturated rings. The van der Waals surface area contributed by atoms with Crippen LogP contribution in [-0.4, -0.2) is 30.2 Å². The molecule has 0 radical (unpaired) electrons. The highest BCUT2D eigenvalue weighted by atomic mass is 16.3. The fraction of sp³-hybridized carbons (Fsp3) is 0.435. The van der Waals surface area contributed by atoms with Crippen molar-refractivity contribution in [2.75, 3.05) is 0 Å². The van der Waals surface area contributed by atoms with Crippen LogP contribution in [0.5, 0.6) is 0 Å². The lowest BCUT2D eigenvalue weighted by Gasteiger charge is -2.20. The van der Waals surface area contributed by atoms with Gasteiger partial charge in [0.05, 0.1) is 29.0 Å². The van der Waals surface area contributed by atoms with Gasteiger partial charge in [-0.05, 0) is 46.1 Å². The first kappa shape index (κ1) is 20.2. The zero-order chi connectivity index (χ0) is 20.1. The zero-order valence-electron chi connectivity index (χ0n) is 17.3. The van der Waals surface area contributed by atoms with Gasteiger partial charge in [-0.3, -0.25) is 0 Å². The summed E-state index contributed by atoms with van der Waals surface area (Å²) in [6.07, 6.45) is 7.23. The Morgan fingerprint density at radius 2 is 1.86 bits per heavy atom. The minimum Gasteiger partial charge on any atom is -0.390 e. The van der Waals surface area contributed by atoms with Crippen molar-refractivity contribution in [2.45, 2.75) is 65.0 Å². The molecule has 1 N–H and O–H groups in total. The van der Waals surface area contributed by atoms with E-state index in [-0.39, 0.29) is 6.04 Å². The molecule has 5 heteroatoms. The Balaban J connectivity index is 1.99. The lowest BCUT2D eigenvalue weighted by molar-refractivity contribution is 0.0672. The molecule has 0 spiro atoms. The number of aliphatic hydroxyl groups is 1. The van der Waals surface area contributed by atoms with E-state index in [4.69, 9.17) is 9.97 Å². The van der Waals surface area contributed by atoms with E-state index in [9.17, 15) is 5.11 Å². The lowest BCUT2D eigenvalue weighted by Crippen LogP contribution is -2.18. The van der Waals surface area contributed by atoms with E-state index in [1.807, 2.05) is 50.6 Å². The maximum Gasteiger partial charge on any atom is 0.128 e. The molecule has 148 valence electrons. The van der Waals surface area contributed by atoms with Crippen LogP contribution in [0.15, 0.2) is 48.9 Å². The first-order valence-electron chi connectivity index (χ1n) is 10.1. The number of rotatable bonds is 8. The average Bonchev–Trinajstić information content (AvgIpc) is 3.13. The van der Waals surface area contributed by atoms with Crippen LogP contribution >= 0.6 is 0 Å². The Morgan fingerprint density at radius 1 is 1.11 bits per heavy atom. The van der Waals surface area contributed by atoms with Crippen molar-refractivity contribution >= 4 is 0 Å². The highest BCUT2D eigenvalue weighted by Gasteiger charge is 2.20. The van der Waals surface area contributed by atoms with E-state index in [2.05, 4.69) is 35.5 Å². The van der Waals surface area contributed by atoms with Crippen LogP contribution in [0.4, 0.5) is 0 Å². The van der Waals surface area contributed by atoms with Crippen molar-refractivity contribution in [1.29, 1.82) is 0 Å². The van der Waals surface area contributed by atoms with E-state index in [0.717, 1.165) is 54.2 Å². The lowest BCUT2D eigenvalue weighted by atomic mass is 9.99. The van der Waals surface area contributed by atoms with Crippen molar-refractivity contribution in [3.05, 3.63) is 54.7 Å². The van der Waals surface area contributed by atoms with Gasteiger partial charge in [0.15, 0.2) is 0 Å². The number of aromatic nitrogens is 4. The number of benzene rings is 1. The maximum absolute atomic E-state index is 10.0. The van der Waals surface area contributed by atoms with Gasteiger partial charge in [0.2, 0.25) is 0 Å². The number of imidazole rings is 1. The van der Waals surface area contributed by atoms with Gasteiger partial charge in [-0.25, -0.2) is 15.0 Å². The molecule has 28 heavy (non-hydrogen) atoms. The Morgan fingerprint density at radius 3 is 2.54 bits per heavy atom. The normalized spacial score (nSPS) is 12.9. The van der Waals surface area contributed by atoms with E-state index in [0.29, 0.717) is 0 Å². The summed E-state index contributed by atoms with van der Waals surface area (Å²) in [5, 5.41) is 10.0. The van der Waals surface area contributed by atoms with Crippen LogP contribution in [0.2, 0.25) is 0 Å². The molecule has 3 rings (SSSR count). The van der Waals surface area contributed by atoms with Gasteiger partial charge in [0.25, 0.3) is 0 Å². The van der Waals surface area contributed by atoms with Crippen molar-refractivity contribution in [1.82, 2.24) is 19.5 Å². The summed E-state index contributed by atoms with van der Waals surface area (Å²) in [5.41, 5.74) is 3.32. The Kier molecular flexibility index (Phi) is 6.25. The minimum absolute atomic E-state index is 0.252. The summed E-state index contributed by atoms with van der Waals surface area (Å²) in [6.45, 7) is 7.99. The summed E-state index contributed by atoms with van der Waals surface area (Å²) in [5.74, 6) is 0.832. The third kappa shape index (κ3) is 4.84. The molecule has 0 amide bonds. The summed E-state index contributed by atoms with van der Waals surface area (Å²) in [7, 11) is 0. The number of aryl methyl sites for hydroxylation is 1. The molecule has 1 unspecified atom stereocenters. The second-order valence-electron chi connectivity index (χ2n) is 7.98. The van der Waals surface area contributed by atoms with Crippen molar-refractivity contribution in [3.8, 4) is 22.6 Å². The monoisotopic (exact) mass is 378 g/mol. The first-order valence-corrected chi connectivity index (χ1v) is 10.1. The number of nitrogens with zero attached hydrogens (tertiary/aromatic N) is 4. The van der Waals surface area contributed by atoms with E-state index in [1.165, 1.54) is 0 Å². The molecule has 2 aromatic heterocycles. The predicted molar refractivity (Wildman–Crippen MR) is 113 cm³/mol. The molecule has 1 aromatic carbocycles. The standard InChI is InChI=1S/C23H30N4O/c1-5-20-24-15-13-19(26-20)22-21(18-11-7-6-8-12-18)25-16-27(22)17(2)10-9-14-23(3,4)28/h6-8,11-13,15-17,28H,5,9-10,14H2,1-4H3. The topological polar surface area (TPSA) is 63.8 Å². The summed E-state index contributed by atoms with van der Waals surface area (Å²) in [4.78, 5) is 13.9. The van der Waals surface area contributed by atoms with Gasteiger partial charge in [-0.1, -0.05) is 37.3 Å². The third-order valence-corrected chi connectivity index (χ3v) is 4.99. The maximum atomic E-state index is 10.0. The summed E-state index contributed by atoms with van der Waals surface area (Å²) < 4.78 is 2.22. The second-order valence-corrected chi connectivity index (χ2v) is 7.98. The first-order chi connectivity index (χ1) is 13.4. The third-order valence-electron chi connectivity index (χ3n) is 4.99. The van der Waals surface area contributed by atoms with Gasteiger partial charge in [0.1, 0.15) is 5.82 Å². The van der Waals surface area contributed by atoms with E-state index < -0.39 is 5.60 Å². The molecule has 0 aliphatic carbocycles. The molecule has 0 bridgehead atoms.